The molecule has 0 aliphatic rings. The van der Waals surface area contributed by atoms with Crippen molar-refractivity contribution in [2.45, 2.75) is 16.8 Å². The lowest BCUT2D eigenvalue weighted by atomic mass is 10.1. The molecule has 6 heteroatoms. The number of nitrogens with two attached hydrogens (primary N) is 1. The Morgan fingerprint density at radius 1 is 0.818 bits per heavy atom. The predicted molar refractivity (Wildman–Crippen MR) is 129 cm³/mol. The van der Waals surface area contributed by atoms with Gasteiger partial charge in [-0.05, 0) is 59.7 Å². The first-order chi connectivity index (χ1) is 16.1. The molecule has 4 aromatic rings. The third-order valence-electron chi connectivity index (χ3n) is 5.02. The number of hydrogen-bond donors (Lipinski definition) is 1. The summed E-state index contributed by atoms with van der Waals surface area (Å²) in [5.74, 6) is -0.110. The van der Waals surface area contributed by atoms with Crippen molar-refractivity contribution in [1.29, 1.82) is 0 Å². The number of nitrogens with zero attached hydrogens (tertiary/aromatic N) is 1. The SMILES string of the molecule is NC(=O)c1ccc(CSc2ccc(C(=O)O[C@H](c3ccccc3)c3ccccn3)cc2)cc1. The fraction of sp³-hybridized carbons (Fsp3) is 0.0741. The van der Waals surface area contributed by atoms with Crippen LogP contribution in [0.5, 0.6) is 0 Å². The lowest BCUT2D eigenvalue weighted by Gasteiger charge is -2.18. The normalized spacial score (nSPS) is 11.5. The Hall–Kier alpha value is -3.90. The highest BCUT2D eigenvalue weighted by Crippen LogP contribution is 2.27. The van der Waals surface area contributed by atoms with Gasteiger partial charge in [0.15, 0.2) is 6.10 Å². The first kappa shape index (κ1) is 22.3. The highest BCUT2D eigenvalue weighted by atomic mass is 32.2. The maximum atomic E-state index is 12.9. The number of carbonyl (C=O) groups excluding carboxylic acids is 2. The van der Waals surface area contributed by atoms with Crippen LogP contribution in [-0.2, 0) is 10.5 Å². The number of carbonyl (C=O) groups is 2. The summed E-state index contributed by atoms with van der Waals surface area (Å²) in [7, 11) is 0. The highest BCUT2D eigenvalue weighted by molar-refractivity contribution is 7.98. The van der Waals surface area contributed by atoms with Crippen LogP contribution in [0.2, 0.25) is 0 Å². The fourth-order valence-electron chi connectivity index (χ4n) is 3.25. The van der Waals surface area contributed by atoms with E-state index in [2.05, 4.69) is 4.98 Å². The molecular formula is C27H22N2O3S. The van der Waals surface area contributed by atoms with E-state index in [9.17, 15) is 9.59 Å². The number of amides is 1. The van der Waals surface area contributed by atoms with Gasteiger partial charge in [-0.2, -0.15) is 0 Å². The number of primary amides is 1. The van der Waals surface area contributed by atoms with Gasteiger partial charge in [0.2, 0.25) is 5.91 Å². The number of benzene rings is 3. The minimum Gasteiger partial charge on any atom is -0.447 e. The predicted octanol–water partition coefficient (Wildman–Crippen LogP) is 5.42. The zero-order valence-corrected chi connectivity index (χ0v) is 18.6. The molecule has 1 atom stereocenters. The van der Waals surface area contributed by atoms with Gasteiger partial charge >= 0.3 is 5.97 Å². The molecule has 1 heterocycles. The zero-order valence-electron chi connectivity index (χ0n) is 17.8. The van der Waals surface area contributed by atoms with Gasteiger partial charge in [-0.3, -0.25) is 9.78 Å². The van der Waals surface area contributed by atoms with E-state index in [4.69, 9.17) is 10.5 Å². The molecule has 4 rings (SSSR count). The minimum atomic E-state index is -0.586. The van der Waals surface area contributed by atoms with Crippen molar-refractivity contribution >= 4 is 23.6 Å². The second-order valence-corrected chi connectivity index (χ2v) is 8.37. The third kappa shape index (κ3) is 5.87. The minimum absolute atomic E-state index is 0.409. The Labute approximate surface area is 196 Å². The van der Waals surface area contributed by atoms with Gasteiger partial charge in [0, 0.05) is 22.4 Å². The van der Waals surface area contributed by atoms with Gasteiger partial charge in [0.05, 0.1) is 11.3 Å². The molecule has 0 radical (unpaired) electrons. The van der Waals surface area contributed by atoms with Crippen LogP contribution >= 0.6 is 11.8 Å². The molecule has 0 saturated carbocycles. The molecular weight excluding hydrogens is 432 g/mol. The van der Waals surface area contributed by atoms with Crippen molar-refractivity contribution in [3.63, 3.8) is 0 Å². The largest absolute Gasteiger partial charge is 0.447 e. The van der Waals surface area contributed by atoms with Crippen molar-refractivity contribution < 1.29 is 14.3 Å². The molecule has 3 aromatic carbocycles. The number of esters is 1. The molecule has 1 aromatic heterocycles. The van der Waals surface area contributed by atoms with Crippen LogP contribution in [0, 0.1) is 0 Å². The van der Waals surface area contributed by atoms with E-state index in [1.807, 2.05) is 72.8 Å². The molecule has 0 aliphatic carbocycles. The average Bonchev–Trinajstić information content (AvgIpc) is 2.87. The van der Waals surface area contributed by atoms with Crippen LogP contribution in [0.4, 0.5) is 0 Å². The number of thioether (sulfide) groups is 1. The summed E-state index contributed by atoms with van der Waals surface area (Å²) in [6, 6.07) is 29.7. The third-order valence-corrected chi connectivity index (χ3v) is 6.10. The number of aromatic nitrogens is 1. The lowest BCUT2D eigenvalue weighted by Crippen LogP contribution is -2.14. The molecule has 5 nitrogen and oxygen atoms in total. The van der Waals surface area contributed by atoms with E-state index in [-0.39, 0.29) is 0 Å². The van der Waals surface area contributed by atoms with Crippen LogP contribution in [0.15, 0.2) is 108 Å². The first-order valence-electron chi connectivity index (χ1n) is 10.4. The van der Waals surface area contributed by atoms with Crippen LogP contribution < -0.4 is 5.73 Å². The molecule has 33 heavy (non-hydrogen) atoms. The summed E-state index contributed by atoms with van der Waals surface area (Å²) in [6.45, 7) is 0. The van der Waals surface area contributed by atoms with E-state index in [1.165, 1.54) is 0 Å². The Balaban J connectivity index is 1.42. The molecule has 2 N–H and O–H groups in total. The van der Waals surface area contributed by atoms with Crippen LogP contribution in [0.3, 0.4) is 0 Å². The van der Waals surface area contributed by atoms with E-state index in [1.54, 1.807) is 42.2 Å². The van der Waals surface area contributed by atoms with Gasteiger partial charge in [-0.1, -0.05) is 48.5 Å². The lowest BCUT2D eigenvalue weighted by molar-refractivity contribution is 0.0370. The molecule has 0 saturated heterocycles. The molecule has 1 amide bonds. The van der Waals surface area contributed by atoms with E-state index >= 15 is 0 Å². The zero-order chi connectivity index (χ0) is 23.0. The summed E-state index contributed by atoms with van der Waals surface area (Å²) in [5.41, 5.74) is 8.86. The molecule has 0 spiro atoms. The van der Waals surface area contributed by atoms with E-state index < -0.39 is 18.0 Å². The van der Waals surface area contributed by atoms with Crippen molar-refractivity contribution in [2.24, 2.45) is 5.73 Å². The molecule has 0 fully saturated rings. The Morgan fingerprint density at radius 2 is 1.48 bits per heavy atom. The molecule has 0 unspecified atom stereocenters. The first-order valence-corrected chi connectivity index (χ1v) is 11.4. The maximum Gasteiger partial charge on any atom is 0.339 e. The topological polar surface area (TPSA) is 82.3 Å². The quantitative estimate of drug-likeness (QED) is 0.284. The van der Waals surface area contributed by atoms with Gasteiger partial charge in [0.25, 0.3) is 0 Å². The van der Waals surface area contributed by atoms with Gasteiger partial charge < -0.3 is 10.5 Å². The van der Waals surface area contributed by atoms with E-state index in [0.717, 1.165) is 21.8 Å². The molecule has 0 bridgehead atoms. The number of hydrogen-bond acceptors (Lipinski definition) is 5. The fourth-order valence-corrected chi connectivity index (χ4v) is 4.11. The molecule has 0 aliphatic heterocycles. The Morgan fingerprint density at radius 3 is 2.12 bits per heavy atom. The number of ether oxygens (including phenoxy) is 1. The van der Waals surface area contributed by atoms with Gasteiger partial charge in [-0.25, -0.2) is 4.79 Å². The van der Waals surface area contributed by atoms with Crippen molar-refractivity contribution in [3.05, 3.63) is 131 Å². The summed E-state index contributed by atoms with van der Waals surface area (Å²) < 4.78 is 5.86. The number of pyridine rings is 1. The van der Waals surface area contributed by atoms with Gasteiger partial charge in [0.1, 0.15) is 0 Å². The smallest absolute Gasteiger partial charge is 0.339 e. The molecule has 164 valence electrons. The second-order valence-electron chi connectivity index (χ2n) is 7.32. The summed E-state index contributed by atoms with van der Waals surface area (Å²) in [4.78, 5) is 29.5. The highest BCUT2D eigenvalue weighted by Gasteiger charge is 2.21. The Kier molecular flexibility index (Phi) is 7.17. The van der Waals surface area contributed by atoms with Crippen molar-refractivity contribution in [1.82, 2.24) is 4.98 Å². The summed E-state index contributed by atoms with van der Waals surface area (Å²) in [6.07, 6.45) is 1.10. The average molecular weight is 455 g/mol. The number of rotatable bonds is 8. The van der Waals surface area contributed by atoms with Crippen molar-refractivity contribution in [3.8, 4) is 0 Å². The van der Waals surface area contributed by atoms with Crippen LogP contribution in [0.25, 0.3) is 0 Å². The monoisotopic (exact) mass is 454 g/mol. The van der Waals surface area contributed by atoms with Crippen LogP contribution in [0.1, 0.15) is 43.6 Å². The maximum absolute atomic E-state index is 12.9. The Bertz CT molecular complexity index is 1170. The van der Waals surface area contributed by atoms with Crippen LogP contribution in [-0.4, -0.2) is 16.9 Å². The summed E-state index contributed by atoms with van der Waals surface area (Å²) >= 11 is 1.64. The van der Waals surface area contributed by atoms with Gasteiger partial charge in [-0.15, -0.1) is 11.8 Å². The van der Waals surface area contributed by atoms with Crippen molar-refractivity contribution in [2.75, 3.05) is 0 Å². The summed E-state index contributed by atoms with van der Waals surface area (Å²) in [5, 5.41) is 0. The van der Waals surface area contributed by atoms with E-state index in [0.29, 0.717) is 16.8 Å². The second kappa shape index (κ2) is 10.6. The standard InChI is InChI=1S/C27H22N2O3S/c28-26(30)21-11-9-19(10-12-21)18-33-23-15-13-22(14-16-23)27(31)32-25(20-6-2-1-3-7-20)24-8-4-5-17-29-24/h1-17,25H,18H2,(H2,28,30)/t25-/m1/s1.